The summed E-state index contributed by atoms with van der Waals surface area (Å²) in [5.41, 5.74) is 2.39. The van der Waals surface area contributed by atoms with Crippen LogP contribution in [-0.4, -0.2) is 21.8 Å². The van der Waals surface area contributed by atoms with E-state index in [1.165, 1.54) is 22.5 Å². The third-order valence-corrected chi connectivity index (χ3v) is 8.99. The van der Waals surface area contributed by atoms with Gasteiger partial charge in [-0.3, -0.25) is 9.59 Å². The van der Waals surface area contributed by atoms with Gasteiger partial charge in [0.15, 0.2) is 5.13 Å². The standard InChI is InChI=1S/C25H30N2O3S/c1-14-13-26-24(31-14)27-22(30)8-4-16-12-21(29)25(2)10-9-19-18-7-5-17(28)11-15(18)3-6-20(19)23(16)25/h5,7,11,13,16,19-20,23,28H,3-4,6,8-10,12H2,1-2H3,(H,26,27,30)/t16?,19-,20-,23+,25-/m1/s1. The second-order valence-electron chi connectivity index (χ2n) is 9.92. The number of ketones is 1. The predicted octanol–water partition coefficient (Wildman–Crippen LogP) is 5.23. The van der Waals surface area contributed by atoms with Gasteiger partial charge in [-0.2, -0.15) is 0 Å². The summed E-state index contributed by atoms with van der Waals surface area (Å²) in [6.45, 7) is 4.16. The average molecular weight is 439 g/mol. The summed E-state index contributed by atoms with van der Waals surface area (Å²) in [6.07, 6.45) is 7.56. The van der Waals surface area contributed by atoms with E-state index in [9.17, 15) is 14.7 Å². The van der Waals surface area contributed by atoms with Gasteiger partial charge < -0.3 is 10.4 Å². The molecule has 0 saturated heterocycles. The lowest BCUT2D eigenvalue weighted by molar-refractivity contribution is -0.129. The number of aromatic hydroxyl groups is 1. The van der Waals surface area contributed by atoms with Gasteiger partial charge in [0.05, 0.1) is 0 Å². The highest BCUT2D eigenvalue weighted by atomic mass is 32.1. The Kier molecular flexibility index (Phi) is 5.16. The SMILES string of the molecule is Cc1cnc(NC(=O)CCC2CC(=O)[C@@]3(C)CC[C@@H]4c5ccc(O)cc5CC[C@H]4[C@H]23)s1. The van der Waals surface area contributed by atoms with Crippen LogP contribution in [0.15, 0.2) is 24.4 Å². The fraction of sp³-hybridized carbons (Fsp3) is 0.560. The molecule has 31 heavy (non-hydrogen) atoms. The lowest BCUT2D eigenvalue weighted by Crippen LogP contribution is -2.44. The van der Waals surface area contributed by atoms with Gasteiger partial charge in [0.1, 0.15) is 11.5 Å². The second-order valence-corrected chi connectivity index (χ2v) is 11.2. The molecule has 164 valence electrons. The summed E-state index contributed by atoms with van der Waals surface area (Å²) in [7, 11) is 0. The van der Waals surface area contributed by atoms with Crippen molar-refractivity contribution >= 4 is 28.2 Å². The Balaban J connectivity index is 1.33. The van der Waals surface area contributed by atoms with Gasteiger partial charge in [0, 0.05) is 29.3 Å². The Labute approximate surface area is 187 Å². The first-order chi connectivity index (χ1) is 14.8. The van der Waals surface area contributed by atoms with E-state index in [1.807, 2.05) is 13.0 Å². The Morgan fingerprint density at radius 1 is 1.35 bits per heavy atom. The number of phenolic OH excluding ortho intramolecular Hbond substituents is 1. The molecular weight excluding hydrogens is 408 g/mol. The summed E-state index contributed by atoms with van der Waals surface area (Å²) < 4.78 is 0. The fourth-order valence-electron chi connectivity index (χ4n) is 6.80. The Morgan fingerprint density at radius 3 is 2.97 bits per heavy atom. The number of hydrogen-bond acceptors (Lipinski definition) is 5. The minimum Gasteiger partial charge on any atom is -0.508 e. The zero-order valence-corrected chi connectivity index (χ0v) is 19.0. The molecule has 0 spiro atoms. The molecule has 3 aliphatic carbocycles. The Morgan fingerprint density at radius 2 is 2.19 bits per heavy atom. The van der Waals surface area contributed by atoms with Gasteiger partial charge in [-0.15, -0.1) is 11.3 Å². The molecule has 5 nitrogen and oxygen atoms in total. The van der Waals surface area contributed by atoms with Crippen LogP contribution in [0.5, 0.6) is 5.75 Å². The molecule has 0 radical (unpaired) electrons. The van der Waals surface area contributed by atoms with Crippen LogP contribution in [-0.2, 0) is 16.0 Å². The fourth-order valence-corrected chi connectivity index (χ4v) is 7.48. The molecule has 1 aromatic carbocycles. The number of carbonyl (C=O) groups excluding carboxylic acids is 2. The molecule has 0 aliphatic heterocycles. The van der Waals surface area contributed by atoms with Crippen molar-refractivity contribution in [3.05, 3.63) is 40.4 Å². The molecule has 2 aromatic rings. The first-order valence-corrected chi connectivity index (χ1v) is 12.2. The van der Waals surface area contributed by atoms with E-state index in [2.05, 4.69) is 23.3 Å². The highest BCUT2D eigenvalue weighted by molar-refractivity contribution is 7.15. The van der Waals surface area contributed by atoms with Crippen molar-refractivity contribution in [1.29, 1.82) is 0 Å². The van der Waals surface area contributed by atoms with Crippen molar-refractivity contribution < 1.29 is 14.7 Å². The molecule has 1 unspecified atom stereocenters. The van der Waals surface area contributed by atoms with E-state index in [-0.39, 0.29) is 17.2 Å². The number of aryl methyl sites for hydroxylation is 2. The molecule has 1 amide bonds. The largest absolute Gasteiger partial charge is 0.508 e. The monoisotopic (exact) mass is 438 g/mol. The third-order valence-electron chi connectivity index (χ3n) is 8.16. The smallest absolute Gasteiger partial charge is 0.226 e. The van der Waals surface area contributed by atoms with Gasteiger partial charge in [0.2, 0.25) is 5.91 Å². The maximum atomic E-state index is 13.1. The lowest BCUT2D eigenvalue weighted by atomic mass is 9.54. The summed E-state index contributed by atoms with van der Waals surface area (Å²) in [5, 5.41) is 13.5. The Bertz CT molecular complexity index is 1030. The topological polar surface area (TPSA) is 79.3 Å². The average Bonchev–Trinajstić information content (AvgIpc) is 3.25. The first kappa shape index (κ1) is 20.7. The van der Waals surface area contributed by atoms with Crippen molar-refractivity contribution in [2.24, 2.45) is 23.2 Å². The predicted molar refractivity (Wildman–Crippen MR) is 121 cm³/mol. The van der Waals surface area contributed by atoms with E-state index >= 15 is 0 Å². The van der Waals surface area contributed by atoms with E-state index < -0.39 is 0 Å². The number of nitrogens with one attached hydrogen (secondary N) is 1. The number of amides is 1. The second kappa shape index (κ2) is 7.73. The number of thiazole rings is 1. The molecular formula is C25H30N2O3S. The van der Waals surface area contributed by atoms with Gasteiger partial charge in [-0.25, -0.2) is 4.98 Å². The summed E-state index contributed by atoms with van der Waals surface area (Å²) in [5.74, 6) is 2.29. The molecule has 2 saturated carbocycles. The minimum atomic E-state index is -0.247. The van der Waals surface area contributed by atoms with Crippen LogP contribution in [0.2, 0.25) is 0 Å². The van der Waals surface area contributed by atoms with E-state index in [0.29, 0.717) is 47.3 Å². The molecule has 1 heterocycles. The van der Waals surface area contributed by atoms with Crippen LogP contribution in [0.3, 0.4) is 0 Å². The molecule has 2 N–H and O–H groups in total. The normalized spacial score (nSPS) is 31.6. The quantitative estimate of drug-likeness (QED) is 0.685. The van der Waals surface area contributed by atoms with E-state index in [4.69, 9.17) is 0 Å². The Hall–Kier alpha value is -2.21. The van der Waals surface area contributed by atoms with Gasteiger partial charge in [-0.05, 0) is 86.0 Å². The number of benzene rings is 1. The summed E-state index contributed by atoms with van der Waals surface area (Å²) >= 11 is 1.49. The maximum absolute atomic E-state index is 13.1. The molecule has 5 atom stereocenters. The third kappa shape index (κ3) is 3.59. The summed E-state index contributed by atoms with van der Waals surface area (Å²) in [6, 6.07) is 5.82. The molecule has 5 rings (SSSR count). The zero-order chi connectivity index (χ0) is 21.8. The van der Waals surface area contributed by atoms with Crippen molar-refractivity contribution in [2.75, 3.05) is 5.32 Å². The van der Waals surface area contributed by atoms with Crippen molar-refractivity contribution in [3.63, 3.8) is 0 Å². The van der Waals surface area contributed by atoms with Crippen LogP contribution in [0.25, 0.3) is 0 Å². The number of aromatic nitrogens is 1. The van der Waals surface area contributed by atoms with E-state index in [0.717, 1.165) is 37.0 Å². The summed E-state index contributed by atoms with van der Waals surface area (Å²) in [4.78, 5) is 30.9. The number of anilines is 1. The van der Waals surface area contributed by atoms with Crippen molar-refractivity contribution in [2.45, 2.75) is 64.7 Å². The number of Topliss-reactive ketones (excluding diaryl/α,β-unsaturated/α-hetero) is 1. The molecule has 6 heteroatoms. The van der Waals surface area contributed by atoms with Crippen LogP contribution in [0.4, 0.5) is 5.13 Å². The van der Waals surface area contributed by atoms with Crippen molar-refractivity contribution in [1.82, 2.24) is 4.98 Å². The maximum Gasteiger partial charge on any atom is 0.226 e. The molecule has 0 bridgehead atoms. The van der Waals surface area contributed by atoms with Crippen LogP contribution < -0.4 is 5.32 Å². The van der Waals surface area contributed by atoms with Crippen molar-refractivity contribution in [3.8, 4) is 5.75 Å². The minimum absolute atomic E-state index is 0.00720. The lowest BCUT2D eigenvalue weighted by Gasteiger charge is -2.50. The first-order valence-electron chi connectivity index (χ1n) is 11.4. The number of carbonyl (C=O) groups is 2. The number of hydrogen-bond donors (Lipinski definition) is 2. The van der Waals surface area contributed by atoms with Crippen LogP contribution in [0.1, 0.15) is 67.4 Å². The molecule has 2 fully saturated rings. The van der Waals surface area contributed by atoms with Gasteiger partial charge >= 0.3 is 0 Å². The highest BCUT2D eigenvalue weighted by Gasteiger charge is 2.58. The number of phenols is 1. The number of nitrogens with zero attached hydrogens (tertiary/aromatic N) is 1. The van der Waals surface area contributed by atoms with Gasteiger partial charge in [0.25, 0.3) is 0 Å². The van der Waals surface area contributed by atoms with Crippen LogP contribution in [0, 0.1) is 30.1 Å². The van der Waals surface area contributed by atoms with E-state index in [1.54, 1.807) is 12.3 Å². The van der Waals surface area contributed by atoms with Crippen LogP contribution >= 0.6 is 11.3 Å². The zero-order valence-electron chi connectivity index (χ0n) is 18.2. The number of rotatable bonds is 4. The number of fused-ring (bicyclic) bond motifs is 5. The van der Waals surface area contributed by atoms with Gasteiger partial charge in [-0.1, -0.05) is 13.0 Å². The molecule has 1 aromatic heterocycles. The highest BCUT2D eigenvalue weighted by Crippen LogP contribution is 2.62. The molecule has 3 aliphatic rings.